The van der Waals surface area contributed by atoms with Crippen molar-refractivity contribution in [1.29, 1.82) is 0 Å². The number of aliphatic hydroxyl groups excluding tert-OH is 1. The van der Waals surface area contributed by atoms with E-state index in [9.17, 15) is 9.50 Å². The monoisotopic (exact) mass is 308 g/mol. The highest BCUT2D eigenvalue weighted by molar-refractivity contribution is 9.10. The molecular formula is C15H14BrFO. The third kappa shape index (κ3) is 2.62. The highest BCUT2D eigenvalue weighted by Crippen LogP contribution is 2.28. The van der Waals surface area contributed by atoms with E-state index in [2.05, 4.69) is 22.9 Å². The Morgan fingerprint density at radius 2 is 1.83 bits per heavy atom. The fraction of sp³-hybridized carbons (Fsp3) is 0.200. The van der Waals surface area contributed by atoms with E-state index in [-0.39, 0.29) is 5.56 Å². The van der Waals surface area contributed by atoms with Crippen molar-refractivity contribution in [2.45, 2.75) is 19.4 Å². The smallest absolute Gasteiger partial charge is 0.143 e. The first-order chi connectivity index (χ1) is 8.63. The lowest BCUT2D eigenvalue weighted by Crippen LogP contribution is -2.03. The minimum Gasteiger partial charge on any atom is -0.384 e. The minimum atomic E-state index is -0.937. The second-order valence-corrected chi connectivity index (χ2v) is 5.00. The largest absolute Gasteiger partial charge is 0.384 e. The molecule has 0 aliphatic heterocycles. The summed E-state index contributed by atoms with van der Waals surface area (Å²) >= 11 is 3.12. The maximum absolute atomic E-state index is 13.9. The summed E-state index contributed by atoms with van der Waals surface area (Å²) in [4.78, 5) is 0. The zero-order valence-electron chi connectivity index (χ0n) is 10.0. The average molecular weight is 309 g/mol. The molecule has 1 nitrogen and oxygen atoms in total. The van der Waals surface area contributed by atoms with Crippen molar-refractivity contribution in [3.63, 3.8) is 0 Å². The number of halogens is 2. The first-order valence-electron chi connectivity index (χ1n) is 5.84. The van der Waals surface area contributed by atoms with Crippen LogP contribution in [0.25, 0.3) is 0 Å². The summed E-state index contributed by atoms with van der Waals surface area (Å²) in [6, 6.07) is 12.5. The number of benzene rings is 2. The van der Waals surface area contributed by atoms with Crippen LogP contribution in [0.5, 0.6) is 0 Å². The predicted molar refractivity (Wildman–Crippen MR) is 74.0 cm³/mol. The number of rotatable bonds is 3. The van der Waals surface area contributed by atoms with Crippen LogP contribution in [0.4, 0.5) is 4.39 Å². The van der Waals surface area contributed by atoms with Gasteiger partial charge in [-0.25, -0.2) is 4.39 Å². The standard InChI is InChI=1S/C15H14BrFO/c1-2-10-6-8-11(9-7-10)15(18)12-4-3-5-13(16)14(12)17/h3-9,15,18H,2H2,1H3. The van der Waals surface area contributed by atoms with Crippen LogP contribution in [0.15, 0.2) is 46.9 Å². The fourth-order valence-corrected chi connectivity index (χ4v) is 2.23. The molecular weight excluding hydrogens is 295 g/mol. The Balaban J connectivity index is 2.35. The Morgan fingerprint density at radius 3 is 2.44 bits per heavy atom. The van der Waals surface area contributed by atoms with Gasteiger partial charge in [0.2, 0.25) is 0 Å². The quantitative estimate of drug-likeness (QED) is 0.899. The molecule has 0 saturated carbocycles. The first-order valence-corrected chi connectivity index (χ1v) is 6.63. The van der Waals surface area contributed by atoms with Gasteiger partial charge in [0.25, 0.3) is 0 Å². The summed E-state index contributed by atoms with van der Waals surface area (Å²) in [6.07, 6.45) is 0.00939. The number of hydrogen-bond donors (Lipinski definition) is 1. The van der Waals surface area contributed by atoms with Crippen LogP contribution in [-0.4, -0.2) is 5.11 Å². The van der Waals surface area contributed by atoms with Crippen LogP contribution >= 0.6 is 15.9 Å². The van der Waals surface area contributed by atoms with Gasteiger partial charge in [-0.3, -0.25) is 0 Å². The van der Waals surface area contributed by atoms with E-state index in [1.54, 1.807) is 18.2 Å². The van der Waals surface area contributed by atoms with E-state index in [4.69, 9.17) is 0 Å². The van der Waals surface area contributed by atoms with E-state index in [1.165, 1.54) is 5.56 Å². The molecule has 0 aliphatic carbocycles. The van der Waals surface area contributed by atoms with Crippen LogP contribution in [0.3, 0.4) is 0 Å². The molecule has 2 aromatic carbocycles. The van der Waals surface area contributed by atoms with E-state index in [0.29, 0.717) is 10.0 Å². The molecule has 3 heteroatoms. The third-order valence-corrected chi connectivity index (χ3v) is 3.59. The second kappa shape index (κ2) is 5.63. The van der Waals surface area contributed by atoms with Gasteiger partial charge in [-0.1, -0.05) is 43.3 Å². The van der Waals surface area contributed by atoms with Crippen molar-refractivity contribution >= 4 is 15.9 Å². The van der Waals surface area contributed by atoms with Gasteiger partial charge in [0, 0.05) is 5.56 Å². The average Bonchev–Trinajstić information content (AvgIpc) is 2.41. The summed E-state index contributed by atoms with van der Waals surface area (Å²) < 4.78 is 14.2. The topological polar surface area (TPSA) is 20.2 Å². The molecule has 0 amide bonds. The molecule has 18 heavy (non-hydrogen) atoms. The Kier molecular flexibility index (Phi) is 4.15. The Hall–Kier alpha value is -1.19. The van der Waals surface area contributed by atoms with Crippen LogP contribution in [0, 0.1) is 5.82 Å². The third-order valence-electron chi connectivity index (χ3n) is 2.98. The van der Waals surface area contributed by atoms with Crippen LogP contribution in [-0.2, 0) is 6.42 Å². The summed E-state index contributed by atoms with van der Waals surface area (Å²) in [7, 11) is 0. The maximum Gasteiger partial charge on any atom is 0.143 e. The molecule has 0 heterocycles. The second-order valence-electron chi connectivity index (χ2n) is 4.14. The van der Waals surface area contributed by atoms with Crippen LogP contribution in [0.2, 0.25) is 0 Å². The van der Waals surface area contributed by atoms with Gasteiger partial charge in [0.15, 0.2) is 0 Å². The highest BCUT2D eigenvalue weighted by atomic mass is 79.9. The number of hydrogen-bond acceptors (Lipinski definition) is 1. The molecule has 0 spiro atoms. The molecule has 0 aliphatic rings. The summed E-state index contributed by atoms with van der Waals surface area (Å²) in [5, 5.41) is 10.2. The van der Waals surface area contributed by atoms with E-state index in [1.807, 2.05) is 24.3 Å². The molecule has 1 unspecified atom stereocenters. The number of aryl methyl sites for hydroxylation is 1. The molecule has 0 fully saturated rings. The molecule has 2 aromatic rings. The van der Waals surface area contributed by atoms with Crippen molar-refractivity contribution in [3.8, 4) is 0 Å². The normalized spacial score (nSPS) is 12.4. The van der Waals surface area contributed by atoms with Gasteiger partial charge in [-0.2, -0.15) is 0 Å². The lowest BCUT2D eigenvalue weighted by Gasteiger charge is -2.13. The SMILES string of the molecule is CCc1ccc(C(O)c2cccc(Br)c2F)cc1. The summed E-state index contributed by atoms with van der Waals surface area (Å²) in [5.74, 6) is -0.412. The lowest BCUT2D eigenvalue weighted by atomic mass is 9.99. The molecule has 0 saturated heterocycles. The molecule has 0 aromatic heterocycles. The van der Waals surface area contributed by atoms with E-state index in [0.717, 1.165) is 6.42 Å². The molecule has 2 rings (SSSR count). The van der Waals surface area contributed by atoms with Crippen LogP contribution < -0.4 is 0 Å². The Labute approximate surface area is 114 Å². The molecule has 0 radical (unpaired) electrons. The Bertz CT molecular complexity index is 537. The van der Waals surface area contributed by atoms with Gasteiger partial charge in [-0.05, 0) is 39.5 Å². The molecule has 0 bridgehead atoms. The van der Waals surface area contributed by atoms with Crippen molar-refractivity contribution < 1.29 is 9.50 Å². The molecule has 1 atom stereocenters. The van der Waals surface area contributed by atoms with Gasteiger partial charge in [0.05, 0.1) is 4.47 Å². The predicted octanol–water partition coefficient (Wildman–Crippen LogP) is 4.23. The summed E-state index contributed by atoms with van der Waals surface area (Å²) in [6.45, 7) is 2.07. The van der Waals surface area contributed by atoms with Crippen molar-refractivity contribution in [2.24, 2.45) is 0 Å². The molecule has 94 valence electrons. The van der Waals surface area contributed by atoms with Gasteiger partial charge >= 0.3 is 0 Å². The van der Waals surface area contributed by atoms with E-state index < -0.39 is 11.9 Å². The van der Waals surface area contributed by atoms with Crippen molar-refractivity contribution in [1.82, 2.24) is 0 Å². The van der Waals surface area contributed by atoms with Gasteiger partial charge in [-0.15, -0.1) is 0 Å². The highest BCUT2D eigenvalue weighted by Gasteiger charge is 2.16. The van der Waals surface area contributed by atoms with Gasteiger partial charge < -0.3 is 5.11 Å². The Morgan fingerprint density at radius 1 is 1.17 bits per heavy atom. The first kappa shape index (κ1) is 13.2. The molecule has 1 N–H and O–H groups in total. The zero-order chi connectivity index (χ0) is 13.1. The minimum absolute atomic E-state index is 0.286. The van der Waals surface area contributed by atoms with Crippen molar-refractivity contribution in [2.75, 3.05) is 0 Å². The van der Waals surface area contributed by atoms with Crippen molar-refractivity contribution in [3.05, 3.63) is 69.4 Å². The van der Waals surface area contributed by atoms with Gasteiger partial charge in [0.1, 0.15) is 11.9 Å². The maximum atomic E-state index is 13.9. The fourth-order valence-electron chi connectivity index (χ4n) is 1.85. The number of aliphatic hydroxyl groups is 1. The van der Waals surface area contributed by atoms with Crippen LogP contribution in [0.1, 0.15) is 29.7 Å². The lowest BCUT2D eigenvalue weighted by molar-refractivity contribution is 0.214. The summed E-state index contributed by atoms with van der Waals surface area (Å²) in [5.41, 5.74) is 2.18. The van der Waals surface area contributed by atoms with E-state index >= 15 is 0 Å². The zero-order valence-corrected chi connectivity index (χ0v) is 11.6.